The van der Waals surface area contributed by atoms with Gasteiger partial charge in [-0.15, -0.1) is 0 Å². The van der Waals surface area contributed by atoms with Crippen molar-refractivity contribution in [1.29, 1.82) is 0 Å². The lowest BCUT2D eigenvalue weighted by Gasteiger charge is -2.46. The highest BCUT2D eigenvalue weighted by Crippen LogP contribution is 2.40. The molecule has 33 heavy (non-hydrogen) atoms. The molecule has 0 aliphatic carbocycles. The first kappa shape index (κ1) is 23.4. The van der Waals surface area contributed by atoms with Gasteiger partial charge in [-0.1, -0.05) is 0 Å². The van der Waals surface area contributed by atoms with Crippen LogP contribution in [0.5, 0.6) is 0 Å². The summed E-state index contributed by atoms with van der Waals surface area (Å²) >= 11 is 0. The van der Waals surface area contributed by atoms with Gasteiger partial charge in [-0.05, 0) is 68.9 Å². The van der Waals surface area contributed by atoms with Crippen LogP contribution < -0.4 is 11.1 Å². The molecule has 1 saturated heterocycles. The Bertz CT molecular complexity index is 913. The Kier molecular flexibility index (Phi) is 6.85. The van der Waals surface area contributed by atoms with E-state index < -0.39 is 36.0 Å². The molecule has 0 radical (unpaired) electrons. The lowest BCUT2D eigenvalue weighted by molar-refractivity contribution is -0.140. The highest BCUT2D eigenvalue weighted by Gasteiger charge is 2.41. The number of carboxylic acids is 3. The molecule has 4 heterocycles. The second-order valence-electron chi connectivity index (χ2n) is 9.49. The quantitative estimate of drug-likeness (QED) is 0.377. The maximum Gasteiger partial charge on any atom is 0.328 e. The van der Waals surface area contributed by atoms with E-state index in [-0.39, 0.29) is 24.4 Å². The lowest BCUT2D eigenvalue weighted by Crippen LogP contribution is -2.51. The second kappa shape index (κ2) is 9.64. The molecule has 0 spiro atoms. The Balaban J connectivity index is 1.61. The normalized spacial score (nSPS) is 32.5. The lowest BCUT2D eigenvalue weighted by atomic mass is 9.75. The number of hydrogen-bond donors (Lipinski definition) is 5. The highest BCUT2D eigenvalue weighted by atomic mass is 16.4. The standard InChI is InChI=1S/C23H32N4O6/c24-15(21(28)29)7-4-13-11-27-10-12(16-2-1-3-17(25-16)22(30)31)5-9-19(27)14-6-8-18(23(32)33)26-20(13)14/h10-11,14-19,25H,1-9,24H2,(H,28,29)(H,30,31)(H,32,33)/t14-,15+,16?,17?,18+,19+/m1/s1. The zero-order valence-electron chi connectivity index (χ0n) is 18.5. The largest absolute Gasteiger partial charge is 0.480 e. The fourth-order valence-electron chi connectivity index (χ4n) is 5.59. The average molecular weight is 461 g/mol. The van der Waals surface area contributed by atoms with Crippen LogP contribution in [-0.2, 0) is 14.4 Å². The molecule has 10 heteroatoms. The first-order chi connectivity index (χ1) is 15.7. The minimum Gasteiger partial charge on any atom is -0.480 e. The maximum atomic E-state index is 11.6. The number of nitrogens with zero attached hydrogens (tertiary/aromatic N) is 2. The van der Waals surface area contributed by atoms with Crippen molar-refractivity contribution in [1.82, 2.24) is 10.2 Å². The summed E-state index contributed by atoms with van der Waals surface area (Å²) in [6.07, 6.45) is 10.0. The first-order valence-electron chi connectivity index (χ1n) is 11.7. The molecule has 0 amide bonds. The summed E-state index contributed by atoms with van der Waals surface area (Å²) in [6, 6.07) is -2.10. The molecule has 6 N–H and O–H groups in total. The number of aliphatic carboxylic acids is 3. The molecule has 1 fully saturated rings. The summed E-state index contributed by atoms with van der Waals surface area (Å²) in [7, 11) is 0. The maximum absolute atomic E-state index is 11.6. The van der Waals surface area contributed by atoms with Gasteiger partial charge in [0.15, 0.2) is 0 Å². The molecule has 10 nitrogen and oxygen atoms in total. The van der Waals surface area contributed by atoms with E-state index >= 15 is 0 Å². The SMILES string of the molecule is N[C@@H](CCC1=CN2C=C(C3CCCC(C(=O)O)N3)CC[C@H]2[C@H]2CC[C@@H](C(=O)O)N=C12)C(=O)O. The van der Waals surface area contributed by atoms with Crippen molar-refractivity contribution >= 4 is 23.6 Å². The number of hydrogen-bond acceptors (Lipinski definition) is 7. The number of nitrogens with one attached hydrogen (secondary N) is 1. The van der Waals surface area contributed by atoms with E-state index in [1.165, 1.54) is 5.57 Å². The van der Waals surface area contributed by atoms with Crippen LogP contribution in [0, 0.1) is 5.92 Å². The van der Waals surface area contributed by atoms with Crippen molar-refractivity contribution < 1.29 is 29.7 Å². The van der Waals surface area contributed by atoms with Crippen molar-refractivity contribution in [2.24, 2.45) is 16.6 Å². The number of allylic oxidation sites excluding steroid dienone is 1. The summed E-state index contributed by atoms with van der Waals surface area (Å²) in [4.78, 5) is 41.0. The molecule has 0 aromatic heterocycles. The third-order valence-corrected chi connectivity index (χ3v) is 7.38. The number of fused-ring (bicyclic) bond motifs is 3. The topological polar surface area (TPSA) is 166 Å². The zero-order chi connectivity index (χ0) is 23.7. The van der Waals surface area contributed by atoms with E-state index in [0.29, 0.717) is 25.7 Å². The van der Waals surface area contributed by atoms with Gasteiger partial charge in [0.2, 0.25) is 0 Å². The summed E-state index contributed by atoms with van der Waals surface area (Å²) in [5, 5.41) is 31.3. The van der Waals surface area contributed by atoms with Crippen LogP contribution in [0.4, 0.5) is 0 Å². The van der Waals surface area contributed by atoms with Crippen molar-refractivity contribution in [3.63, 3.8) is 0 Å². The number of carboxylic acid groups (broad SMARTS) is 3. The Labute approximate surface area is 192 Å². The van der Waals surface area contributed by atoms with Crippen LogP contribution in [-0.4, -0.2) is 74.0 Å². The number of rotatable bonds is 7. The van der Waals surface area contributed by atoms with Crippen LogP contribution in [0.15, 0.2) is 28.5 Å². The van der Waals surface area contributed by atoms with Crippen molar-refractivity contribution in [3.05, 3.63) is 23.5 Å². The summed E-state index contributed by atoms with van der Waals surface area (Å²) in [5.74, 6) is -2.73. The van der Waals surface area contributed by atoms with E-state index in [2.05, 4.69) is 21.4 Å². The smallest absolute Gasteiger partial charge is 0.328 e. The first-order valence-corrected chi connectivity index (χ1v) is 11.7. The zero-order valence-corrected chi connectivity index (χ0v) is 18.5. The predicted molar refractivity (Wildman–Crippen MR) is 120 cm³/mol. The molecular weight excluding hydrogens is 428 g/mol. The second-order valence-corrected chi connectivity index (χ2v) is 9.49. The van der Waals surface area contributed by atoms with Crippen molar-refractivity contribution in [3.8, 4) is 0 Å². The summed E-state index contributed by atoms with van der Waals surface area (Å²) < 4.78 is 0. The molecule has 0 aromatic rings. The summed E-state index contributed by atoms with van der Waals surface area (Å²) in [6.45, 7) is 0. The molecule has 0 bridgehead atoms. The van der Waals surface area contributed by atoms with Gasteiger partial charge in [0, 0.05) is 36.1 Å². The van der Waals surface area contributed by atoms with Crippen LogP contribution in [0.1, 0.15) is 57.8 Å². The minimum absolute atomic E-state index is 0.0240. The van der Waals surface area contributed by atoms with Crippen LogP contribution >= 0.6 is 0 Å². The van der Waals surface area contributed by atoms with Crippen molar-refractivity contribution in [2.45, 2.75) is 88.0 Å². The molecular formula is C23H32N4O6. The third-order valence-electron chi connectivity index (χ3n) is 7.38. The van der Waals surface area contributed by atoms with Gasteiger partial charge in [-0.25, -0.2) is 4.79 Å². The van der Waals surface area contributed by atoms with Crippen molar-refractivity contribution in [2.75, 3.05) is 0 Å². The van der Waals surface area contributed by atoms with E-state index in [0.717, 1.165) is 37.0 Å². The molecule has 6 atom stereocenters. The Morgan fingerprint density at radius 3 is 2.58 bits per heavy atom. The van der Waals surface area contributed by atoms with E-state index in [9.17, 15) is 24.6 Å². The molecule has 0 saturated carbocycles. The monoisotopic (exact) mass is 460 g/mol. The Morgan fingerprint density at radius 1 is 1.09 bits per heavy atom. The molecule has 4 aliphatic heterocycles. The Hall–Kier alpha value is -2.72. The van der Waals surface area contributed by atoms with Gasteiger partial charge in [-0.3, -0.25) is 19.9 Å². The van der Waals surface area contributed by atoms with Gasteiger partial charge < -0.3 is 26.0 Å². The van der Waals surface area contributed by atoms with Crippen LogP contribution in [0.3, 0.4) is 0 Å². The number of nitrogens with two attached hydrogens (primary N) is 1. The summed E-state index contributed by atoms with van der Waals surface area (Å²) in [5.41, 5.74) is 8.53. The average Bonchev–Trinajstić information content (AvgIpc) is 2.81. The van der Waals surface area contributed by atoms with Gasteiger partial charge in [0.05, 0.1) is 0 Å². The van der Waals surface area contributed by atoms with Crippen LogP contribution in [0.2, 0.25) is 0 Å². The Morgan fingerprint density at radius 2 is 1.88 bits per heavy atom. The molecule has 0 aromatic carbocycles. The number of carbonyl (C=O) groups is 3. The third kappa shape index (κ3) is 4.96. The van der Waals surface area contributed by atoms with Gasteiger partial charge in [0.25, 0.3) is 0 Å². The fraction of sp³-hybridized carbons (Fsp3) is 0.652. The fourth-order valence-corrected chi connectivity index (χ4v) is 5.59. The van der Waals surface area contributed by atoms with Gasteiger partial charge >= 0.3 is 17.9 Å². The molecule has 4 aliphatic rings. The molecule has 4 rings (SSSR count). The molecule has 2 unspecified atom stereocenters. The highest BCUT2D eigenvalue weighted by molar-refractivity contribution is 6.04. The number of piperidine rings is 1. The van der Waals surface area contributed by atoms with E-state index in [4.69, 9.17) is 10.8 Å². The van der Waals surface area contributed by atoms with E-state index in [1.54, 1.807) is 0 Å². The van der Waals surface area contributed by atoms with Gasteiger partial charge in [0.1, 0.15) is 18.1 Å². The van der Waals surface area contributed by atoms with E-state index in [1.807, 2.05) is 6.20 Å². The van der Waals surface area contributed by atoms with Crippen LogP contribution in [0.25, 0.3) is 0 Å². The minimum atomic E-state index is -1.06. The van der Waals surface area contributed by atoms with Gasteiger partial charge in [-0.2, -0.15) is 0 Å². The molecule has 180 valence electrons. The number of aliphatic imine (C=N–C) groups is 1. The predicted octanol–water partition coefficient (Wildman–Crippen LogP) is 1.32.